The van der Waals surface area contributed by atoms with E-state index >= 15 is 0 Å². The number of rotatable bonds is 5. The fourth-order valence-corrected chi connectivity index (χ4v) is 1.98. The maximum atomic E-state index is 13.3. The average Bonchev–Trinajstić information content (AvgIpc) is 2.52. The van der Waals surface area contributed by atoms with Crippen LogP contribution in [-0.2, 0) is 9.53 Å². The normalized spacial score (nSPS) is 14.4. The minimum atomic E-state index is -0.413. The zero-order chi connectivity index (χ0) is 15.1. The Morgan fingerprint density at radius 2 is 2.24 bits per heavy atom. The highest BCUT2D eigenvalue weighted by atomic mass is 19.1. The van der Waals surface area contributed by atoms with Crippen molar-refractivity contribution in [1.29, 1.82) is 0 Å². The molecule has 1 N–H and O–H groups in total. The molecule has 0 atom stereocenters. The molecule has 0 bridgehead atoms. The first-order chi connectivity index (χ1) is 10.2. The maximum Gasteiger partial charge on any atom is 0.242 e. The second-order valence-electron chi connectivity index (χ2n) is 4.48. The fraction of sp³-hybridized carbons (Fsp3) is 0.400. The van der Waals surface area contributed by atoms with Crippen molar-refractivity contribution in [2.24, 2.45) is 0 Å². The topological polar surface area (TPSA) is 50.8 Å². The number of morpholine rings is 1. The summed E-state index contributed by atoms with van der Waals surface area (Å²) < 4.78 is 23.8. The van der Waals surface area contributed by atoms with Crippen LogP contribution in [0.5, 0.6) is 5.75 Å². The summed E-state index contributed by atoms with van der Waals surface area (Å²) in [7, 11) is 0. The Bertz CT molecular complexity index is 536. The number of amides is 1. The fourth-order valence-electron chi connectivity index (χ4n) is 1.98. The first kappa shape index (κ1) is 15.1. The number of terminal acetylenes is 1. The van der Waals surface area contributed by atoms with Gasteiger partial charge in [-0.25, -0.2) is 4.39 Å². The van der Waals surface area contributed by atoms with Gasteiger partial charge in [-0.3, -0.25) is 4.79 Å². The van der Waals surface area contributed by atoms with Crippen LogP contribution in [0.1, 0.15) is 0 Å². The van der Waals surface area contributed by atoms with E-state index in [-0.39, 0.29) is 19.1 Å². The first-order valence-corrected chi connectivity index (χ1v) is 6.66. The third-order valence-corrected chi connectivity index (χ3v) is 3.05. The number of hydrogen-bond acceptors (Lipinski definition) is 4. The molecule has 1 aliphatic heterocycles. The van der Waals surface area contributed by atoms with Crippen LogP contribution in [-0.4, -0.2) is 50.3 Å². The highest BCUT2D eigenvalue weighted by Crippen LogP contribution is 2.25. The van der Waals surface area contributed by atoms with Gasteiger partial charge >= 0.3 is 0 Å². The Kier molecular flexibility index (Phi) is 5.41. The molecule has 0 radical (unpaired) electrons. The lowest BCUT2D eigenvalue weighted by Crippen LogP contribution is -2.43. The Balaban J connectivity index is 1.96. The molecule has 0 saturated carbocycles. The maximum absolute atomic E-state index is 13.3. The predicted octanol–water partition coefficient (Wildman–Crippen LogP) is 1.11. The van der Waals surface area contributed by atoms with E-state index in [9.17, 15) is 9.18 Å². The first-order valence-electron chi connectivity index (χ1n) is 6.66. The minimum absolute atomic E-state index is 0.0644. The zero-order valence-corrected chi connectivity index (χ0v) is 11.6. The monoisotopic (exact) mass is 292 g/mol. The van der Waals surface area contributed by atoms with Gasteiger partial charge in [0, 0.05) is 19.2 Å². The van der Waals surface area contributed by atoms with E-state index in [1.54, 1.807) is 4.90 Å². The summed E-state index contributed by atoms with van der Waals surface area (Å²) >= 11 is 0. The number of carbonyl (C=O) groups is 1. The number of hydrogen-bond donors (Lipinski definition) is 1. The molecule has 0 spiro atoms. The Labute approximate surface area is 123 Å². The Morgan fingerprint density at radius 3 is 2.95 bits per heavy atom. The minimum Gasteiger partial charge on any atom is -0.479 e. The average molecular weight is 292 g/mol. The van der Waals surface area contributed by atoms with Gasteiger partial charge in [-0.1, -0.05) is 5.92 Å². The number of carbonyl (C=O) groups excluding carboxylic acids is 1. The molecule has 6 heteroatoms. The van der Waals surface area contributed by atoms with Gasteiger partial charge in [-0.2, -0.15) is 0 Å². The summed E-state index contributed by atoms with van der Waals surface area (Å²) in [6.45, 7) is 2.38. The number of anilines is 1. The molecule has 112 valence electrons. The van der Waals surface area contributed by atoms with E-state index in [4.69, 9.17) is 15.9 Å². The van der Waals surface area contributed by atoms with Gasteiger partial charge < -0.3 is 19.7 Å². The van der Waals surface area contributed by atoms with Crippen LogP contribution in [0.25, 0.3) is 0 Å². The SMILES string of the molecule is C#CCOc1ccc(F)cc1NCC(=O)N1CCOCC1. The molecule has 0 aliphatic carbocycles. The van der Waals surface area contributed by atoms with Crippen molar-refractivity contribution in [2.45, 2.75) is 0 Å². The molecule has 1 aliphatic rings. The van der Waals surface area contributed by atoms with E-state index in [1.807, 2.05) is 0 Å². The predicted molar refractivity (Wildman–Crippen MR) is 76.6 cm³/mol. The van der Waals surface area contributed by atoms with E-state index in [0.29, 0.717) is 37.7 Å². The summed E-state index contributed by atoms with van der Waals surface area (Å²) in [4.78, 5) is 13.7. The van der Waals surface area contributed by atoms with E-state index in [0.717, 1.165) is 0 Å². The van der Waals surface area contributed by atoms with Crippen LogP contribution in [0.3, 0.4) is 0 Å². The van der Waals surface area contributed by atoms with Crippen molar-refractivity contribution < 1.29 is 18.7 Å². The number of nitrogens with zero attached hydrogens (tertiary/aromatic N) is 1. The lowest BCUT2D eigenvalue weighted by Gasteiger charge is -2.27. The summed E-state index contributed by atoms with van der Waals surface area (Å²) in [6.07, 6.45) is 5.13. The molecule has 1 aromatic carbocycles. The van der Waals surface area contributed by atoms with Crippen molar-refractivity contribution in [3.8, 4) is 18.1 Å². The zero-order valence-electron chi connectivity index (χ0n) is 11.6. The lowest BCUT2D eigenvalue weighted by molar-refractivity contribution is -0.133. The van der Waals surface area contributed by atoms with Crippen LogP contribution < -0.4 is 10.1 Å². The molecule has 1 saturated heterocycles. The Hall–Kier alpha value is -2.26. The van der Waals surface area contributed by atoms with Gasteiger partial charge in [-0.05, 0) is 12.1 Å². The van der Waals surface area contributed by atoms with Crippen molar-refractivity contribution in [2.75, 3.05) is 44.8 Å². The van der Waals surface area contributed by atoms with Gasteiger partial charge in [0.15, 0.2) is 0 Å². The van der Waals surface area contributed by atoms with Gasteiger partial charge in [0.05, 0.1) is 25.4 Å². The molecular formula is C15H17FN2O3. The standard InChI is InChI=1S/C15H17FN2O3/c1-2-7-21-14-4-3-12(16)10-13(14)17-11-15(19)18-5-8-20-9-6-18/h1,3-4,10,17H,5-9,11H2. The summed E-state index contributed by atoms with van der Waals surface area (Å²) in [5, 5.41) is 2.89. The van der Waals surface area contributed by atoms with Crippen molar-refractivity contribution in [3.05, 3.63) is 24.0 Å². The van der Waals surface area contributed by atoms with Gasteiger partial charge in [0.1, 0.15) is 18.2 Å². The highest BCUT2D eigenvalue weighted by Gasteiger charge is 2.17. The lowest BCUT2D eigenvalue weighted by atomic mass is 10.2. The van der Waals surface area contributed by atoms with Crippen LogP contribution in [0.15, 0.2) is 18.2 Å². The highest BCUT2D eigenvalue weighted by molar-refractivity contribution is 5.81. The molecule has 21 heavy (non-hydrogen) atoms. The molecule has 1 heterocycles. The number of ether oxygens (including phenoxy) is 2. The number of nitrogens with one attached hydrogen (secondary N) is 1. The van der Waals surface area contributed by atoms with Gasteiger partial charge in [-0.15, -0.1) is 6.42 Å². The van der Waals surface area contributed by atoms with Crippen molar-refractivity contribution in [3.63, 3.8) is 0 Å². The number of halogens is 1. The largest absolute Gasteiger partial charge is 0.479 e. The molecule has 0 unspecified atom stereocenters. The number of benzene rings is 1. The molecular weight excluding hydrogens is 275 g/mol. The molecule has 1 amide bonds. The van der Waals surface area contributed by atoms with E-state index in [1.165, 1.54) is 18.2 Å². The molecule has 5 nitrogen and oxygen atoms in total. The van der Waals surface area contributed by atoms with E-state index < -0.39 is 5.82 Å². The second kappa shape index (κ2) is 7.50. The van der Waals surface area contributed by atoms with Gasteiger partial charge in [0.2, 0.25) is 5.91 Å². The quantitative estimate of drug-likeness (QED) is 0.826. The third-order valence-electron chi connectivity index (χ3n) is 3.05. The molecule has 1 fully saturated rings. The summed E-state index contributed by atoms with van der Waals surface area (Å²) in [5.74, 6) is 2.29. The molecule has 2 rings (SSSR count). The third kappa shape index (κ3) is 4.36. The van der Waals surface area contributed by atoms with E-state index in [2.05, 4.69) is 11.2 Å². The molecule has 0 aromatic heterocycles. The smallest absolute Gasteiger partial charge is 0.242 e. The Morgan fingerprint density at radius 1 is 1.48 bits per heavy atom. The summed E-state index contributed by atoms with van der Waals surface area (Å²) in [5.41, 5.74) is 0.409. The van der Waals surface area contributed by atoms with Crippen LogP contribution in [0, 0.1) is 18.2 Å². The summed E-state index contributed by atoms with van der Waals surface area (Å²) in [6, 6.07) is 4.04. The van der Waals surface area contributed by atoms with Gasteiger partial charge in [0.25, 0.3) is 0 Å². The van der Waals surface area contributed by atoms with Crippen molar-refractivity contribution in [1.82, 2.24) is 4.90 Å². The second-order valence-corrected chi connectivity index (χ2v) is 4.48. The van der Waals surface area contributed by atoms with Crippen molar-refractivity contribution >= 4 is 11.6 Å². The van der Waals surface area contributed by atoms with Crippen LogP contribution >= 0.6 is 0 Å². The molecule has 1 aromatic rings. The van der Waals surface area contributed by atoms with Crippen LogP contribution in [0.4, 0.5) is 10.1 Å². The van der Waals surface area contributed by atoms with Crippen LogP contribution in [0.2, 0.25) is 0 Å².